The highest BCUT2D eigenvalue weighted by atomic mass is 127. The highest BCUT2D eigenvalue weighted by Gasteiger charge is 2.39. The molecule has 1 N–H and O–H groups in total. The fourth-order valence-electron chi connectivity index (χ4n) is 2.37. The van der Waals surface area contributed by atoms with Crippen LogP contribution in [-0.2, 0) is 9.59 Å². The number of halogens is 3. The molecule has 0 fully saturated rings. The first-order valence-corrected chi connectivity index (χ1v) is 8.80. The lowest BCUT2D eigenvalue weighted by Crippen LogP contribution is -2.32. The lowest BCUT2D eigenvalue weighted by atomic mass is 10.2. The van der Waals surface area contributed by atoms with Crippen molar-refractivity contribution >= 4 is 69.0 Å². The smallest absolute Gasteiger partial charge is 0.283 e. The number of benzene rings is 2. The Hall–Kier alpha value is -1.57. The van der Waals surface area contributed by atoms with E-state index in [-0.39, 0.29) is 10.7 Å². The van der Waals surface area contributed by atoms with Crippen LogP contribution in [0.1, 0.15) is 5.56 Å². The number of imide groups is 1. The lowest BCUT2D eigenvalue weighted by Gasteiger charge is -2.16. The predicted molar refractivity (Wildman–Crippen MR) is 104 cm³/mol. The molecule has 1 aliphatic heterocycles. The van der Waals surface area contributed by atoms with Gasteiger partial charge in [-0.1, -0.05) is 35.3 Å². The van der Waals surface area contributed by atoms with Gasteiger partial charge in [0.25, 0.3) is 11.8 Å². The summed E-state index contributed by atoms with van der Waals surface area (Å²) < 4.78 is 1.07. The van der Waals surface area contributed by atoms with E-state index in [1.807, 2.05) is 25.1 Å². The van der Waals surface area contributed by atoms with E-state index in [1.165, 1.54) is 0 Å². The standard InChI is InChI=1S/C17H11Cl2IN2O2/c1-9-8-10(20)6-7-12(9)21-15-14(19)16(23)22(17(15)24)13-5-3-2-4-11(13)18/h2-8,21H,1H3. The molecule has 3 rings (SSSR count). The molecule has 0 saturated heterocycles. The normalized spacial score (nSPS) is 14.6. The molecule has 0 unspecified atom stereocenters. The van der Waals surface area contributed by atoms with Gasteiger partial charge in [-0.25, -0.2) is 4.90 Å². The minimum atomic E-state index is -0.597. The Morgan fingerprint density at radius 2 is 1.75 bits per heavy atom. The lowest BCUT2D eigenvalue weighted by molar-refractivity contribution is -0.120. The Morgan fingerprint density at radius 3 is 2.42 bits per heavy atom. The molecule has 0 radical (unpaired) electrons. The Morgan fingerprint density at radius 1 is 1.04 bits per heavy atom. The summed E-state index contributed by atoms with van der Waals surface area (Å²) in [6.45, 7) is 1.91. The van der Waals surface area contributed by atoms with Crippen LogP contribution in [0.4, 0.5) is 11.4 Å². The molecule has 1 heterocycles. The molecule has 4 nitrogen and oxygen atoms in total. The van der Waals surface area contributed by atoms with E-state index < -0.39 is 11.8 Å². The van der Waals surface area contributed by atoms with Crippen LogP contribution in [0.5, 0.6) is 0 Å². The van der Waals surface area contributed by atoms with Crippen molar-refractivity contribution < 1.29 is 9.59 Å². The number of carbonyl (C=O) groups is 2. The number of nitrogens with one attached hydrogen (secondary N) is 1. The van der Waals surface area contributed by atoms with Crippen LogP contribution in [0.2, 0.25) is 5.02 Å². The average Bonchev–Trinajstić information content (AvgIpc) is 2.74. The Kier molecular flexibility index (Phi) is 4.85. The molecule has 2 aromatic carbocycles. The van der Waals surface area contributed by atoms with Crippen molar-refractivity contribution in [2.45, 2.75) is 6.92 Å². The summed E-state index contributed by atoms with van der Waals surface area (Å²) in [5.74, 6) is -1.13. The number of hydrogen-bond acceptors (Lipinski definition) is 3. The first-order chi connectivity index (χ1) is 11.4. The van der Waals surface area contributed by atoms with Crippen molar-refractivity contribution in [3.63, 3.8) is 0 Å². The molecule has 0 aliphatic carbocycles. The average molecular weight is 473 g/mol. The molecule has 0 aromatic heterocycles. The van der Waals surface area contributed by atoms with Crippen molar-refractivity contribution in [2.24, 2.45) is 0 Å². The van der Waals surface area contributed by atoms with E-state index in [9.17, 15) is 9.59 Å². The van der Waals surface area contributed by atoms with Crippen molar-refractivity contribution in [1.29, 1.82) is 0 Å². The molecule has 0 spiro atoms. The van der Waals surface area contributed by atoms with Gasteiger partial charge in [-0.2, -0.15) is 0 Å². The second-order valence-corrected chi connectivity index (χ2v) is 7.20. The zero-order valence-corrected chi connectivity index (χ0v) is 16.1. The monoisotopic (exact) mass is 472 g/mol. The third kappa shape index (κ3) is 3.03. The summed E-state index contributed by atoms with van der Waals surface area (Å²) in [5.41, 5.74) is 2.01. The highest BCUT2D eigenvalue weighted by molar-refractivity contribution is 14.1. The largest absolute Gasteiger partial charge is 0.349 e. The molecule has 2 aromatic rings. The van der Waals surface area contributed by atoms with Crippen molar-refractivity contribution in [3.05, 3.63) is 67.4 Å². The highest BCUT2D eigenvalue weighted by Crippen LogP contribution is 2.34. The minimum Gasteiger partial charge on any atom is -0.349 e. The molecule has 7 heteroatoms. The van der Waals surface area contributed by atoms with E-state index in [0.717, 1.165) is 14.0 Å². The molecule has 122 valence electrons. The van der Waals surface area contributed by atoms with E-state index in [0.29, 0.717) is 16.4 Å². The van der Waals surface area contributed by atoms with Gasteiger partial charge in [-0.3, -0.25) is 9.59 Å². The van der Waals surface area contributed by atoms with E-state index in [2.05, 4.69) is 27.9 Å². The number of aryl methyl sites for hydroxylation is 1. The van der Waals surface area contributed by atoms with Crippen LogP contribution < -0.4 is 10.2 Å². The van der Waals surface area contributed by atoms with Crippen LogP contribution in [0.15, 0.2) is 53.2 Å². The number of nitrogens with zero attached hydrogens (tertiary/aromatic N) is 1. The Bertz CT molecular complexity index is 896. The molecule has 0 saturated carbocycles. The summed E-state index contributed by atoms with van der Waals surface area (Å²) in [4.78, 5) is 26.1. The number of carbonyl (C=O) groups excluding carboxylic acids is 2. The van der Waals surface area contributed by atoms with Crippen LogP contribution in [0.25, 0.3) is 0 Å². The zero-order chi connectivity index (χ0) is 17.4. The fraction of sp³-hybridized carbons (Fsp3) is 0.0588. The second kappa shape index (κ2) is 6.74. The van der Waals surface area contributed by atoms with Crippen molar-refractivity contribution in [1.82, 2.24) is 0 Å². The van der Waals surface area contributed by atoms with Crippen LogP contribution in [-0.4, -0.2) is 11.8 Å². The first kappa shape index (κ1) is 17.3. The van der Waals surface area contributed by atoms with E-state index in [4.69, 9.17) is 23.2 Å². The maximum absolute atomic E-state index is 12.7. The molecule has 0 atom stereocenters. The van der Waals surface area contributed by atoms with Gasteiger partial charge in [0.15, 0.2) is 0 Å². The van der Waals surface area contributed by atoms with Gasteiger partial charge in [-0.15, -0.1) is 0 Å². The van der Waals surface area contributed by atoms with Gasteiger partial charge < -0.3 is 5.32 Å². The van der Waals surface area contributed by atoms with Gasteiger partial charge in [0.05, 0.1) is 10.7 Å². The number of para-hydroxylation sites is 1. The van der Waals surface area contributed by atoms with Crippen LogP contribution >= 0.6 is 45.8 Å². The second-order valence-electron chi connectivity index (χ2n) is 5.17. The minimum absolute atomic E-state index is 0.0471. The van der Waals surface area contributed by atoms with Gasteiger partial charge in [0.2, 0.25) is 0 Å². The summed E-state index contributed by atoms with van der Waals surface area (Å²) in [6.07, 6.45) is 0. The van der Waals surface area contributed by atoms with Crippen LogP contribution in [0.3, 0.4) is 0 Å². The van der Waals surface area contributed by atoms with Crippen LogP contribution in [0, 0.1) is 10.5 Å². The summed E-state index contributed by atoms with van der Waals surface area (Å²) in [5, 5.41) is 3.12. The van der Waals surface area contributed by atoms with Gasteiger partial charge >= 0.3 is 0 Å². The summed E-state index contributed by atoms with van der Waals surface area (Å²) in [7, 11) is 0. The van der Waals surface area contributed by atoms with Crippen molar-refractivity contribution in [2.75, 3.05) is 10.2 Å². The Labute approximate surface area is 162 Å². The van der Waals surface area contributed by atoms with E-state index in [1.54, 1.807) is 24.3 Å². The maximum Gasteiger partial charge on any atom is 0.283 e. The number of hydrogen-bond donors (Lipinski definition) is 1. The fourth-order valence-corrected chi connectivity index (χ4v) is 3.44. The number of amides is 2. The SMILES string of the molecule is Cc1cc(I)ccc1NC1=C(Cl)C(=O)N(c2ccccc2Cl)C1=O. The van der Waals surface area contributed by atoms with Gasteiger partial charge in [0.1, 0.15) is 10.7 Å². The third-order valence-corrected chi connectivity index (χ3v) is 4.91. The topological polar surface area (TPSA) is 49.4 Å². The first-order valence-electron chi connectivity index (χ1n) is 6.96. The zero-order valence-electron chi connectivity index (χ0n) is 12.4. The predicted octanol–water partition coefficient (Wildman–Crippen LogP) is 4.69. The summed E-state index contributed by atoms with van der Waals surface area (Å²) in [6, 6.07) is 12.3. The maximum atomic E-state index is 12.7. The molecule has 2 amide bonds. The molecule has 0 bridgehead atoms. The number of anilines is 2. The molecule has 1 aliphatic rings. The quantitative estimate of drug-likeness (QED) is 0.520. The molecule has 24 heavy (non-hydrogen) atoms. The number of rotatable bonds is 3. The Balaban J connectivity index is 1.96. The molecular formula is C17H11Cl2IN2O2. The third-order valence-electron chi connectivity index (χ3n) is 3.57. The molecular weight excluding hydrogens is 462 g/mol. The van der Waals surface area contributed by atoms with E-state index >= 15 is 0 Å². The van der Waals surface area contributed by atoms with Crippen molar-refractivity contribution in [3.8, 4) is 0 Å². The summed E-state index contributed by atoms with van der Waals surface area (Å²) >= 11 is 14.4. The van der Waals surface area contributed by atoms with Gasteiger partial charge in [0, 0.05) is 9.26 Å². The van der Waals surface area contributed by atoms with Gasteiger partial charge in [-0.05, 0) is 65.4 Å².